The van der Waals surface area contributed by atoms with Crippen molar-refractivity contribution in [2.45, 2.75) is 19.3 Å². The molecule has 0 atom stereocenters. The minimum absolute atomic E-state index is 0.0509. The summed E-state index contributed by atoms with van der Waals surface area (Å²) in [7, 11) is 0. The van der Waals surface area contributed by atoms with E-state index >= 15 is 0 Å². The molecule has 0 aliphatic heterocycles. The van der Waals surface area contributed by atoms with E-state index in [0.29, 0.717) is 17.2 Å². The Morgan fingerprint density at radius 2 is 2.05 bits per heavy atom. The van der Waals surface area contributed by atoms with E-state index in [1.807, 2.05) is 0 Å². The van der Waals surface area contributed by atoms with Crippen LogP contribution in [0.2, 0.25) is 0 Å². The van der Waals surface area contributed by atoms with Crippen LogP contribution in [-0.2, 0) is 9.59 Å². The summed E-state index contributed by atoms with van der Waals surface area (Å²) >= 11 is 3.21. The van der Waals surface area contributed by atoms with Crippen molar-refractivity contribution >= 4 is 34.2 Å². The molecule has 1 aromatic rings. The highest BCUT2D eigenvalue weighted by Crippen LogP contribution is 2.22. The van der Waals surface area contributed by atoms with Crippen LogP contribution in [0.25, 0.3) is 0 Å². The monoisotopic (exact) mass is 340 g/mol. The van der Waals surface area contributed by atoms with Crippen molar-refractivity contribution in [2.75, 3.05) is 0 Å². The van der Waals surface area contributed by atoms with Crippen LogP contribution in [0, 0.1) is 0 Å². The van der Waals surface area contributed by atoms with E-state index in [4.69, 9.17) is 9.84 Å². The van der Waals surface area contributed by atoms with Crippen LogP contribution < -0.4 is 4.74 Å². The average Bonchev–Trinajstić information content (AvgIpc) is 2.40. The van der Waals surface area contributed by atoms with Crippen LogP contribution in [0.5, 0.6) is 5.75 Å². The molecule has 0 amide bonds. The van der Waals surface area contributed by atoms with Gasteiger partial charge in [0.25, 0.3) is 0 Å². The molecule has 0 heterocycles. The lowest BCUT2D eigenvalue weighted by Gasteiger charge is -2.07. The third-order valence-corrected chi connectivity index (χ3v) is 2.98. The van der Waals surface area contributed by atoms with E-state index in [1.54, 1.807) is 12.1 Å². The second-order valence-electron chi connectivity index (χ2n) is 4.04. The SMILES string of the molecule is C=C(CCCC(=O)Oc1ccc(Br)cc1C=O)C(=O)O. The highest BCUT2D eigenvalue weighted by Gasteiger charge is 2.11. The maximum Gasteiger partial charge on any atom is 0.330 e. The van der Waals surface area contributed by atoms with Crippen molar-refractivity contribution in [3.8, 4) is 5.75 Å². The molecular formula is C14H13BrO5. The number of hydrogen-bond donors (Lipinski definition) is 1. The van der Waals surface area contributed by atoms with E-state index in [0.717, 1.165) is 0 Å². The van der Waals surface area contributed by atoms with E-state index in [9.17, 15) is 14.4 Å². The molecule has 6 heteroatoms. The minimum atomic E-state index is -1.07. The Morgan fingerprint density at radius 1 is 1.35 bits per heavy atom. The number of carboxylic acid groups (broad SMARTS) is 1. The zero-order chi connectivity index (χ0) is 15.1. The molecule has 0 unspecified atom stereocenters. The largest absolute Gasteiger partial charge is 0.478 e. The van der Waals surface area contributed by atoms with Crippen molar-refractivity contribution in [3.63, 3.8) is 0 Å². The number of ether oxygens (including phenoxy) is 1. The van der Waals surface area contributed by atoms with Crippen LogP contribution in [0.4, 0.5) is 0 Å². The molecule has 0 spiro atoms. The molecule has 1 rings (SSSR count). The summed E-state index contributed by atoms with van der Waals surface area (Å²) in [6.45, 7) is 3.37. The number of hydrogen-bond acceptors (Lipinski definition) is 4. The van der Waals surface area contributed by atoms with Gasteiger partial charge in [0.2, 0.25) is 0 Å². The van der Waals surface area contributed by atoms with Gasteiger partial charge in [-0.3, -0.25) is 9.59 Å². The standard InChI is InChI=1S/C14H13BrO5/c1-9(14(18)19)3-2-4-13(17)20-12-6-5-11(15)7-10(12)8-16/h5-8H,1-4H2,(H,18,19). The van der Waals surface area contributed by atoms with Crippen LogP contribution in [0.1, 0.15) is 29.6 Å². The maximum atomic E-state index is 11.6. The zero-order valence-corrected chi connectivity index (χ0v) is 12.2. The number of aliphatic carboxylic acids is 1. The molecule has 0 aliphatic carbocycles. The Bertz CT molecular complexity index is 550. The Morgan fingerprint density at radius 3 is 2.65 bits per heavy atom. The number of aldehydes is 1. The average molecular weight is 341 g/mol. The Hall–Kier alpha value is -1.95. The first-order chi connectivity index (χ1) is 9.43. The first kappa shape index (κ1) is 16.1. The molecule has 0 radical (unpaired) electrons. The summed E-state index contributed by atoms with van der Waals surface area (Å²) in [5, 5.41) is 8.62. The van der Waals surface area contributed by atoms with Crippen molar-refractivity contribution in [3.05, 3.63) is 40.4 Å². The van der Waals surface area contributed by atoms with Crippen LogP contribution in [0.15, 0.2) is 34.8 Å². The van der Waals surface area contributed by atoms with Gasteiger partial charge in [0.05, 0.1) is 5.56 Å². The van der Waals surface area contributed by atoms with Crippen LogP contribution in [0.3, 0.4) is 0 Å². The first-order valence-electron chi connectivity index (χ1n) is 5.80. The molecule has 1 N–H and O–H groups in total. The summed E-state index contributed by atoms with van der Waals surface area (Å²) in [6.07, 6.45) is 1.20. The first-order valence-corrected chi connectivity index (χ1v) is 6.60. The number of esters is 1. The smallest absolute Gasteiger partial charge is 0.330 e. The van der Waals surface area contributed by atoms with Gasteiger partial charge in [-0.15, -0.1) is 0 Å². The molecule has 0 aromatic heterocycles. The van der Waals surface area contributed by atoms with Gasteiger partial charge in [-0.1, -0.05) is 22.5 Å². The van der Waals surface area contributed by atoms with Gasteiger partial charge in [-0.2, -0.15) is 0 Å². The van der Waals surface area contributed by atoms with Crippen LogP contribution in [-0.4, -0.2) is 23.3 Å². The molecule has 106 valence electrons. The predicted molar refractivity (Wildman–Crippen MR) is 75.8 cm³/mol. The number of benzene rings is 1. The Balaban J connectivity index is 2.53. The molecule has 1 aromatic carbocycles. The summed E-state index contributed by atoms with van der Waals surface area (Å²) in [5.41, 5.74) is 0.317. The number of halogens is 1. The lowest BCUT2D eigenvalue weighted by molar-refractivity contribution is -0.135. The lowest BCUT2D eigenvalue weighted by Crippen LogP contribution is -2.09. The summed E-state index contributed by atoms with van der Waals surface area (Å²) in [4.78, 5) is 33.0. The number of carbonyl (C=O) groups excluding carboxylic acids is 2. The highest BCUT2D eigenvalue weighted by molar-refractivity contribution is 9.10. The van der Waals surface area contributed by atoms with Crippen molar-refractivity contribution < 1.29 is 24.2 Å². The molecule has 20 heavy (non-hydrogen) atoms. The summed E-state index contributed by atoms with van der Waals surface area (Å²) in [5.74, 6) is -1.41. The third kappa shape index (κ3) is 4.97. The molecular weight excluding hydrogens is 328 g/mol. The molecule has 0 fully saturated rings. The van der Waals surface area contributed by atoms with Gasteiger partial charge in [0, 0.05) is 16.5 Å². The highest BCUT2D eigenvalue weighted by atomic mass is 79.9. The second-order valence-corrected chi connectivity index (χ2v) is 4.95. The minimum Gasteiger partial charge on any atom is -0.478 e. The van der Waals surface area contributed by atoms with E-state index < -0.39 is 11.9 Å². The molecule has 0 aliphatic rings. The fraction of sp³-hybridized carbons (Fsp3) is 0.214. The third-order valence-electron chi connectivity index (χ3n) is 2.48. The predicted octanol–water partition coefficient (Wildman–Crippen LogP) is 2.98. The number of rotatable bonds is 7. The fourth-order valence-electron chi connectivity index (χ4n) is 1.43. The summed E-state index contributed by atoms with van der Waals surface area (Å²) in [6, 6.07) is 4.71. The fourth-order valence-corrected chi connectivity index (χ4v) is 1.81. The zero-order valence-electron chi connectivity index (χ0n) is 10.6. The van der Waals surface area contributed by atoms with E-state index in [1.165, 1.54) is 6.07 Å². The Kier molecular flexibility index (Phi) is 6.11. The van der Waals surface area contributed by atoms with Crippen molar-refractivity contribution in [1.29, 1.82) is 0 Å². The normalized spacial score (nSPS) is 9.85. The van der Waals surface area contributed by atoms with E-state index in [2.05, 4.69) is 22.5 Å². The lowest BCUT2D eigenvalue weighted by atomic mass is 10.1. The number of carboxylic acids is 1. The van der Waals surface area contributed by atoms with Crippen molar-refractivity contribution in [1.82, 2.24) is 0 Å². The van der Waals surface area contributed by atoms with Gasteiger partial charge in [-0.25, -0.2) is 4.79 Å². The Labute approximate surface area is 124 Å². The van der Waals surface area contributed by atoms with Gasteiger partial charge in [0.1, 0.15) is 5.75 Å². The molecule has 0 saturated carbocycles. The molecule has 5 nitrogen and oxygen atoms in total. The van der Waals surface area contributed by atoms with Gasteiger partial charge >= 0.3 is 11.9 Å². The van der Waals surface area contributed by atoms with Gasteiger partial charge < -0.3 is 9.84 Å². The summed E-state index contributed by atoms with van der Waals surface area (Å²) < 4.78 is 5.77. The second kappa shape index (κ2) is 7.59. The van der Waals surface area contributed by atoms with Gasteiger partial charge in [-0.05, 0) is 31.0 Å². The molecule has 0 bridgehead atoms. The topological polar surface area (TPSA) is 80.7 Å². The maximum absolute atomic E-state index is 11.6. The van der Waals surface area contributed by atoms with Gasteiger partial charge in [0.15, 0.2) is 6.29 Å². The quantitative estimate of drug-likeness (QED) is 0.357. The van der Waals surface area contributed by atoms with Crippen molar-refractivity contribution in [2.24, 2.45) is 0 Å². The number of carbonyl (C=O) groups is 3. The molecule has 0 saturated heterocycles. The van der Waals surface area contributed by atoms with E-state index in [-0.39, 0.29) is 29.7 Å². The van der Waals surface area contributed by atoms with Crippen LogP contribution >= 0.6 is 15.9 Å².